The molecule has 1 amide bonds. The third-order valence-corrected chi connectivity index (χ3v) is 3.37. The summed E-state index contributed by atoms with van der Waals surface area (Å²) in [6, 6.07) is 9.49. The Kier molecular flexibility index (Phi) is 4.50. The second-order valence-electron chi connectivity index (χ2n) is 4.61. The highest BCUT2D eigenvalue weighted by atomic mass is 16.2. The molecule has 1 atom stereocenters. The van der Waals surface area contributed by atoms with E-state index in [1.54, 1.807) is 7.05 Å². The van der Waals surface area contributed by atoms with Gasteiger partial charge in [-0.1, -0.05) is 12.1 Å². The van der Waals surface area contributed by atoms with Gasteiger partial charge in [0.2, 0.25) is 5.91 Å². The van der Waals surface area contributed by atoms with E-state index in [0.29, 0.717) is 12.1 Å². The second kappa shape index (κ2) is 6.32. The number of nitriles is 1. The van der Waals surface area contributed by atoms with E-state index in [1.807, 2.05) is 24.3 Å². The van der Waals surface area contributed by atoms with E-state index in [0.717, 1.165) is 25.2 Å². The van der Waals surface area contributed by atoms with Gasteiger partial charge in [0, 0.05) is 33.2 Å². The summed E-state index contributed by atoms with van der Waals surface area (Å²) in [6.07, 6.45) is 0. The number of carbonyl (C=O) groups is 1. The molecule has 1 aliphatic heterocycles. The van der Waals surface area contributed by atoms with Crippen molar-refractivity contribution in [1.29, 1.82) is 5.26 Å². The monoisotopic (exact) mass is 258 g/mol. The van der Waals surface area contributed by atoms with Crippen molar-refractivity contribution in [2.45, 2.75) is 12.6 Å². The Labute approximate surface area is 113 Å². The normalized spacial score (nSPS) is 19.7. The molecule has 0 saturated carbocycles. The summed E-state index contributed by atoms with van der Waals surface area (Å²) in [4.78, 5) is 14.0. The summed E-state index contributed by atoms with van der Waals surface area (Å²) in [6.45, 7) is 3.14. The van der Waals surface area contributed by atoms with Crippen molar-refractivity contribution in [1.82, 2.24) is 15.5 Å². The fraction of sp³-hybridized carbons (Fsp3) is 0.429. The summed E-state index contributed by atoms with van der Waals surface area (Å²) in [5, 5.41) is 14.7. The average molecular weight is 258 g/mol. The van der Waals surface area contributed by atoms with E-state index in [4.69, 9.17) is 5.26 Å². The molecule has 1 aliphatic rings. The number of piperazine rings is 1. The van der Waals surface area contributed by atoms with Crippen molar-refractivity contribution in [3.63, 3.8) is 0 Å². The molecule has 0 bridgehead atoms. The highest BCUT2D eigenvalue weighted by Gasteiger charge is 2.27. The third kappa shape index (κ3) is 3.31. The number of hydrogen-bond donors (Lipinski definition) is 2. The maximum absolute atomic E-state index is 11.8. The van der Waals surface area contributed by atoms with Crippen LogP contribution in [0.1, 0.15) is 11.1 Å². The van der Waals surface area contributed by atoms with Crippen molar-refractivity contribution in [3.8, 4) is 6.07 Å². The van der Waals surface area contributed by atoms with Crippen LogP contribution in [0.2, 0.25) is 0 Å². The summed E-state index contributed by atoms with van der Waals surface area (Å²) in [5.74, 6) is 0.0424. The Balaban J connectivity index is 2.06. The number of rotatable bonds is 3. The van der Waals surface area contributed by atoms with Crippen LogP contribution < -0.4 is 10.6 Å². The van der Waals surface area contributed by atoms with Crippen LogP contribution in [0.5, 0.6) is 0 Å². The lowest BCUT2D eigenvalue weighted by Crippen LogP contribution is -2.56. The Morgan fingerprint density at radius 3 is 2.89 bits per heavy atom. The van der Waals surface area contributed by atoms with Gasteiger partial charge in [-0.3, -0.25) is 9.69 Å². The van der Waals surface area contributed by atoms with Gasteiger partial charge in [-0.05, 0) is 17.7 Å². The van der Waals surface area contributed by atoms with Crippen LogP contribution in [0.3, 0.4) is 0 Å². The molecule has 1 heterocycles. The molecule has 0 radical (unpaired) electrons. The molecule has 100 valence electrons. The van der Waals surface area contributed by atoms with Gasteiger partial charge in [0.15, 0.2) is 0 Å². The SMILES string of the molecule is CNC(=O)C1CNCCN1Cc1ccc(C#N)cc1. The molecule has 2 rings (SSSR count). The number of nitrogens with zero attached hydrogens (tertiary/aromatic N) is 2. The van der Waals surface area contributed by atoms with Crippen molar-refractivity contribution in [3.05, 3.63) is 35.4 Å². The van der Waals surface area contributed by atoms with Crippen molar-refractivity contribution < 1.29 is 4.79 Å². The fourth-order valence-corrected chi connectivity index (χ4v) is 2.28. The van der Waals surface area contributed by atoms with Crippen LogP contribution in [0.15, 0.2) is 24.3 Å². The number of carbonyl (C=O) groups excluding carboxylic acids is 1. The number of amides is 1. The zero-order valence-electron chi connectivity index (χ0n) is 11.0. The molecule has 1 aromatic rings. The first-order valence-electron chi connectivity index (χ1n) is 6.40. The van der Waals surface area contributed by atoms with Gasteiger partial charge in [0.1, 0.15) is 6.04 Å². The zero-order chi connectivity index (χ0) is 13.7. The van der Waals surface area contributed by atoms with E-state index >= 15 is 0 Å². The molecular weight excluding hydrogens is 240 g/mol. The predicted octanol–water partition coefficient (Wildman–Crippen LogP) is 0.0781. The molecule has 1 fully saturated rings. The summed E-state index contributed by atoms with van der Waals surface area (Å²) >= 11 is 0. The van der Waals surface area contributed by atoms with Gasteiger partial charge in [-0.2, -0.15) is 5.26 Å². The van der Waals surface area contributed by atoms with Crippen LogP contribution in [-0.4, -0.2) is 43.5 Å². The van der Waals surface area contributed by atoms with E-state index in [1.165, 1.54) is 0 Å². The Morgan fingerprint density at radius 1 is 1.53 bits per heavy atom. The highest BCUT2D eigenvalue weighted by Crippen LogP contribution is 2.11. The maximum Gasteiger partial charge on any atom is 0.238 e. The van der Waals surface area contributed by atoms with Gasteiger partial charge in [-0.25, -0.2) is 0 Å². The Morgan fingerprint density at radius 2 is 2.26 bits per heavy atom. The number of hydrogen-bond acceptors (Lipinski definition) is 4. The lowest BCUT2D eigenvalue weighted by molar-refractivity contribution is -0.126. The fourth-order valence-electron chi connectivity index (χ4n) is 2.28. The summed E-state index contributed by atoms with van der Waals surface area (Å²) < 4.78 is 0. The average Bonchev–Trinajstić information content (AvgIpc) is 2.48. The molecule has 5 heteroatoms. The van der Waals surface area contributed by atoms with Crippen LogP contribution in [-0.2, 0) is 11.3 Å². The lowest BCUT2D eigenvalue weighted by Gasteiger charge is -2.34. The van der Waals surface area contributed by atoms with E-state index in [2.05, 4.69) is 21.6 Å². The largest absolute Gasteiger partial charge is 0.358 e. The van der Waals surface area contributed by atoms with Crippen molar-refractivity contribution in [2.24, 2.45) is 0 Å². The van der Waals surface area contributed by atoms with Crippen LogP contribution in [0.4, 0.5) is 0 Å². The molecule has 19 heavy (non-hydrogen) atoms. The van der Waals surface area contributed by atoms with Crippen LogP contribution >= 0.6 is 0 Å². The Hall–Kier alpha value is -1.90. The molecular formula is C14H18N4O. The molecule has 0 aromatic heterocycles. The van der Waals surface area contributed by atoms with Gasteiger partial charge in [-0.15, -0.1) is 0 Å². The highest BCUT2D eigenvalue weighted by molar-refractivity contribution is 5.81. The molecule has 1 saturated heterocycles. The number of benzene rings is 1. The molecule has 5 nitrogen and oxygen atoms in total. The van der Waals surface area contributed by atoms with E-state index in [-0.39, 0.29) is 11.9 Å². The zero-order valence-corrected chi connectivity index (χ0v) is 11.0. The first-order valence-corrected chi connectivity index (χ1v) is 6.40. The first kappa shape index (κ1) is 13.5. The Bertz CT molecular complexity index is 477. The maximum atomic E-state index is 11.8. The molecule has 1 unspecified atom stereocenters. The quantitative estimate of drug-likeness (QED) is 0.805. The van der Waals surface area contributed by atoms with Gasteiger partial charge < -0.3 is 10.6 Å². The second-order valence-corrected chi connectivity index (χ2v) is 4.61. The minimum atomic E-state index is -0.130. The number of nitrogens with one attached hydrogen (secondary N) is 2. The predicted molar refractivity (Wildman–Crippen MR) is 72.3 cm³/mol. The van der Waals surface area contributed by atoms with Crippen LogP contribution in [0, 0.1) is 11.3 Å². The van der Waals surface area contributed by atoms with Crippen LogP contribution in [0.25, 0.3) is 0 Å². The third-order valence-electron chi connectivity index (χ3n) is 3.37. The summed E-state index contributed by atoms with van der Waals surface area (Å²) in [7, 11) is 1.66. The van der Waals surface area contributed by atoms with Gasteiger partial charge in [0.25, 0.3) is 0 Å². The topological polar surface area (TPSA) is 68.2 Å². The van der Waals surface area contributed by atoms with Crippen molar-refractivity contribution >= 4 is 5.91 Å². The number of likely N-dealkylation sites (N-methyl/N-ethyl adjacent to an activating group) is 1. The first-order chi connectivity index (χ1) is 9.24. The minimum absolute atomic E-state index is 0.0424. The summed E-state index contributed by atoms with van der Waals surface area (Å²) in [5.41, 5.74) is 1.78. The van der Waals surface area contributed by atoms with Gasteiger partial charge >= 0.3 is 0 Å². The standard InChI is InChI=1S/C14H18N4O/c1-16-14(19)13-9-17-6-7-18(13)10-12-4-2-11(8-15)3-5-12/h2-5,13,17H,6-7,9-10H2,1H3,(H,16,19). The molecule has 1 aromatic carbocycles. The van der Waals surface area contributed by atoms with E-state index in [9.17, 15) is 4.79 Å². The molecule has 0 aliphatic carbocycles. The van der Waals surface area contributed by atoms with Crippen molar-refractivity contribution in [2.75, 3.05) is 26.7 Å². The smallest absolute Gasteiger partial charge is 0.238 e. The minimum Gasteiger partial charge on any atom is -0.358 e. The van der Waals surface area contributed by atoms with Gasteiger partial charge in [0.05, 0.1) is 11.6 Å². The lowest BCUT2D eigenvalue weighted by atomic mass is 10.1. The molecule has 0 spiro atoms. The van der Waals surface area contributed by atoms with E-state index < -0.39 is 0 Å². The molecule has 2 N–H and O–H groups in total.